The van der Waals surface area contributed by atoms with Crippen LogP contribution in [0.3, 0.4) is 0 Å². The number of phosphoric acid groups is 2. The van der Waals surface area contributed by atoms with Crippen LogP contribution in [0.2, 0.25) is 0 Å². The van der Waals surface area contributed by atoms with Crippen molar-refractivity contribution >= 4 is 32.8 Å². The lowest BCUT2D eigenvalue weighted by atomic mass is 10.00. The number of nitrogens with two attached hydrogens (primary N) is 1. The van der Waals surface area contributed by atoms with Crippen molar-refractivity contribution in [2.24, 2.45) is 0 Å². The van der Waals surface area contributed by atoms with Crippen LogP contribution in [0, 0.1) is 0 Å². The summed E-state index contributed by atoms with van der Waals surface area (Å²) in [6, 6.07) is 0. The van der Waals surface area contributed by atoms with Gasteiger partial charge in [0.05, 0.1) is 31.8 Å². The third-order valence-electron chi connectivity index (χ3n) is 5.45. The summed E-state index contributed by atoms with van der Waals surface area (Å²) < 4.78 is 50.3. The molecule has 2 aliphatic rings. The van der Waals surface area contributed by atoms with Crippen LogP contribution in [0.4, 0.5) is 5.95 Å². The van der Waals surface area contributed by atoms with E-state index in [9.17, 15) is 34.2 Å². The molecule has 2 saturated heterocycles. The lowest BCUT2D eigenvalue weighted by molar-refractivity contribution is -0.280. The topological polar surface area (TPSA) is 271 Å². The maximum Gasteiger partial charge on any atom is 0.483 e. The minimum Gasteiger partial charge on any atom is -0.394 e. The molecule has 2 aliphatic heterocycles. The molecular weight excluding hydrogens is 532 g/mol. The Morgan fingerprint density at radius 3 is 2.56 bits per heavy atom. The highest BCUT2D eigenvalue weighted by atomic mass is 31.3. The number of nitrogen functional groups attached to an aromatic ring is 1. The number of aromatic nitrogens is 4. The standard InChI is InChI=1S/C16H25N5O13P2/c17-16-18-3-8-14(20-16)21(6-19-8)10-2-1-7(31-10)5-30-35(26,27)34-36(28,29)33-15-13(25)12(24)11(23)9(4-22)32-15/h3,6-7,9-13,15,22-25H,1-2,4-5H2,(H,26,27)(H,28,29)(H2,17,18,20)/t7-,9+,10+,11+,12-,13+,15-/m0/s1. The number of aliphatic hydroxyl groups excluding tert-OH is 4. The van der Waals surface area contributed by atoms with Crippen molar-refractivity contribution in [1.29, 1.82) is 0 Å². The number of fused-ring (bicyclic) bond motifs is 1. The summed E-state index contributed by atoms with van der Waals surface area (Å²) in [6.45, 7) is -1.34. The Bertz CT molecular complexity index is 1170. The molecule has 202 valence electrons. The molecule has 2 aromatic rings. The molecule has 0 aliphatic carbocycles. The summed E-state index contributed by atoms with van der Waals surface area (Å²) in [5, 5.41) is 38.5. The Hall–Kier alpha value is -1.63. The Morgan fingerprint density at radius 2 is 1.83 bits per heavy atom. The number of ether oxygens (including phenoxy) is 2. The van der Waals surface area contributed by atoms with Crippen LogP contribution in [0.1, 0.15) is 19.1 Å². The van der Waals surface area contributed by atoms with Crippen LogP contribution in [0.5, 0.6) is 0 Å². The molecule has 0 amide bonds. The van der Waals surface area contributed by atoms with Gasteiger partial charge in [-0.1, -0.05) is 0 Å². The van der Waals surface area contributed by atoms with E-state index in [1.807, 2.05) is 0 Å². The highest BCUT2D eigenvalue weighted by Gasteiger charge is 2.48. The Kier molecular flexibility index (Phi) is 8.09. The molecule has 0 bridgehead atoms. The second kappa shape index (κ2) is 10.6. The van der Waals surface area contributed by atoms with E-state index in [2.05, 4.69) is 23.8 Å². The highest BCUT2D eigenvalue weighted by Crippen LogP contribution is 2.61. The van der Waals surface area contributed by atoms with Gasteiger partial charge in [0, 0.05) is 0 Å². The molecule has 2 fully saturated rings. The number of hydrogen-bond acceptors (Lipinski definition) is 15. The monoisotopic (exact) mass is 557 g/mol. The van der Waals surface area contributed by atoms with E-state index in [4.69, 9.17) is 24.8 Å². The van der Waals surface area contributed by atoms with Gasteiger partial charge in [0.2, 0.25) is 5.95 Å². The molecule has 36 heavy (non-hydrogen) atoms. The zero-order valence-electron chi connectivity index (χ0n) is 18.3. The summed E-state index contributed by atoms with van der Waals surface area (Å²) in [5.74, 6) is 0.0415. The van der Waals surface area contributed by atoms with Crippen LogP contribution in [0.15, 0.2) is 12.5 Å². The molecule has 9 atom stereocenters. The third-order valence-corrected chi connectivity index (χ3v) is 8.05. The SMILES string of the molecule is Nc1ncc2ncn([C@H]3CC[C@@H](COP(=O)(O)OP(=O)(O)O[C@@H]4O[C@H](CO)[C@@H](O)[C@H](O)[C@H]4O)O3)c2n1. The van der Waals surface area contributed by atoms with Gasteiger partial charge in [-0.2, -0.15) is 9.29 Å². The van der Waals surface area contributed by atoms with Crippen LogP contribution in [0.25, 0.3) is 11.2 Å². The zero-order valence-corrected chi connectivity index (χ0v) is 20.1. The number of anilines is 1. The average Bonchev–Trinajstić information content (AvgIpc) is 3.44. The van der Waals surface area contributed by atoms with Gasteiger partial charge in [0.25, 0.3) is 0 Å². The lowest BCUT2D eigenvalue weighted by Crippen LogP contribution is -2.58. The second-order valence-corrected chi connectivity index (χ2v) is 11.0. The molecule has 20 heteroatoms. The molecule has 8 N–H and O–H groups in total. The fourth-order valence-electron chi connectivity index (χ4n) is 3.70. The fourth-order valence-corrected chi connectivity index (χ4v) is 5.88. The van der Waals surface area contributed by atoms with Crippen molar-refractivity contribution in [3.05, 3.63) is 12.5 Å². The lowest BCUT2D eigenvalue weighted by Gasteiger charge is -2.39. The molecule has 0 saturated carbocycles. The maximum atomic E-state index is 12.2. The zero-order chi connectivity index (χ0) is 26.3. The largest absolute Gasteiger partial charge is 0.483 e. The minimum absolute atomic E-state index is 0.0415. The van der Waals surface area contributed by atoms with Crippen molar-refractivity contribution in [2.75, 3.05) is 18.9 Å². The molecule has 2 aromatic heterocycles. The van der Waals surface area contributed by atoms with Crippen LogP contribution in [-0.2, 0) is 32.0 Å². The average molecular weight is 557 g/mol. The molecular formula is C16H25N5O13P2. The van der Waals surface area contributed by atoms with E-state index in [-0.39, 0.29) is 5.95 Å². The molecule has 18 nitrogen and oxygen atoms in total. The van der Waals surface area contributed by atoms with Gasteiger partial charge in [0.1, 0.15) is 36.2 Å². The molecule has 0 spiro atoms. The first-order valence-electron chi connectivity index (χ1n) is 10.5. The summed E-state index contributed by atoms with van der Waals surface area (Å²) in [5.41, 5.74) is 6.52. The Morgan fingerprint density at radius 1 is 1.08 bits per heavy atom. The summed E-state index contributed by atoms with van der Waals surface area (Å²) in [6.07, 6.45) is -6.75. The number of phosphoric ester groups is 2. The van der Waals surface area contributed by atoms with Gasteiger partial charge in [-0.15, -0.1) is 0 Å². The molecule has 4 heterocycles. The molecule has 2 unspecified atom stereocenters. The summed E-state index contributed by atoms with van der Waals surface area (Å²) in [4.78, 5) is 31.8. The van der Waals surface area contributed by atoms with E-state index < -0.39 is 71.9 Å². The predicted molar refractivity (Wildman–Crippen MR) is 114 cm³/mol. The van der Waals surface area contributed by atoms with Crippen molar-refractivity contribution in [2.45, 2.75) is 55.9 Å². The fraction of sp³-hybridized carbons (Fsp3) is 0.688. The number of imidazole rings is 1. The van der Waals surface area contributed by atoms with E-state index in [1.54, 1.807) is 4.57 Å². The minimum atomic E-state index is -5.42. The quantitative estimate of drug-likeness (QED) is 0.166. The van der Waals surface area contributed by atoms with Crippen LogP contribution >= 0.6 is 15.6 Å². The number of rotatable bonds is 9. The predicted octanol–water partition coefficient (Wildman–Crippen LogP) is -1.86. The third kappa shape index (κ3) is 6.08. The van der Waals surface area contributed by atoms with E-state index in [1.165, 1.54) is 12.5 Å². The molecule has 0 radical (unpaired) electrons. The van der Waals surface area contributed by atoms with Gasteiger partial charge in [-0.3, -0.25) is 13.6 Å². The van der Waals surface area contributed by atoms with Crippen molar-refractivity contribution in [3.63, 3.8) is 0 Å². The Labute approximate surface area is 202 Å². The van der Waals surface area contributed by atoms with Gasteiger partial charge < -0.3 is 45.4 Å². The van der Waals surface area contributed by atoms with Gasteiger partial charge in [-0.05, 0) is 12.8 Å². The molecule has 0 aromatic carbocycles. The molecule has 4 rings (SSSR count). The smallest absolute Gasteiger partial charge is 0.394 e. The Balaban J connectivity index is 1.31. The number of aliphatic hydroxyl groups is 4. The van der Waals surface area contributed by atoms with Crippen molar-refractivity contribution < 1.29 is 62.2 Å². The van der Waals surface area contributed by atoms with Crippen LogP contribution in [-0.4, -0.2) is 99.8 Å². The van der Waals surface area contributed by atoms with Crippen molar-refractivity contribution in [1.82, 2.24) is 19.5 Å². The van der Waals surface area contributed by atoms with Gasteiger partial charge in [0.15, 0.2) is 11.9 Å². The number of nitrogens with zero attached hydrogens (tertiary/aromatic N) is 4. The second-order valence-electron chi connectivity index (χ2n) is 8.00. The summed E-state index contributed by atoms with van der Waals surface area (Å²) in [7, 11) is -10.6. The normalized spacial score (nSPS) is 34.4. The van der Waals surface area contributed by atoms with Crippen LogP contribution < -0.4 is 5.73 Å². The van der Waals surface area contributed by atoms with E-state index >= 15 is 0 Å². The number of hydrogen-bond donors (Lipinski definition) is 7. The van der Waals surface area contributed by atoms with E-state index in [0.29, 0.717) is 24.0 Å². The van der Waals surface area contributed by atoms with Gasteiger partial charge in [-0.25, -0.2) is 19.1 Å². The first-order chi connectivity index (χ1) is 16.9. The maximum absolute atomic E-state index is 12.2. The highest BCUT2D eigenvalue weighted by molar-refractivity contribution is 7.61. The van der Waals surface area contributed by atoms with E-state index in [0.717, 1.165) is 0 Å². The van der Waals surface area contributed by atoms with Crippen molar-refractivity contribution in [3.8, 4) is 0 Å². The first kappa shape index (κ1) is 27.4. The van der Waals surface area contributed by atoms with Gasteiger partial charge >= 0.3 is 15.6 Å². The summed E-state index contributed by atoms with van der Waals surface area (Å²) >= 11 is 0. The first-order valence-corrected chi connectivity index (χ1v) is 13.5.